The number of nitrogens with one attached hydrogen (secondary N) is 1. The quantitative estimate of drug-likeness (QED) is 0.239. The average molecular weight is 473 g/mol. The topological polar surface area (TPSA) is 61.2 Å². The molecular formula is C22H21ClN4O2S2. The third kappa shape index (κ3) is 4.81. The van der Waals surface area contributed by atoms with Gasteiger partial charge in [-0.15, -0.1) is 21.5 Å². The van der Waals surface area contributed by atoms with Gasteiger partial charge >= 0.3 is 0 Å². The number of halogens is 1. The van der Waals surface area contributed by atoms with E-state index >= 15 is 0 Å². The largest absolute Gasteiger partial charge is 0.494 e. The van der Waals surface area contributed by atoms with E-state index in [1.807, 2.05) is 64.5 Å². The summed E-state index contributed by atoms with van der Waals surface area (Å²) in [6.07, 6.45) is 0.902. The van der Waals surface area contributed by atoms with Crippen LogP contribution in [0, 0.1) is 0 Å². The maximum Gasteiger partial charge on any atom is 0.239 e. The number of methoxy groups -OCH3 is 2. The first-order chi connectivity index (χ1) is 15.2. The van der Waals surface area contributed by atoms with E-state index < -0.39 is 0 Å². The Morgan fingerprint density at radius 2 is 1.74 bits per heavy atom. The number of ether oxygens (including phenoxy) is 2. The van der Waals surface area contributed by atoms with Gasteiger partial charge in [-0.3, -0.25) is 9.29 Å². The van der Waals surface area contributed by atoms with E-state index in [-0.39, 0.29) is 0 Å². The molecule has 0 atom stereocenters. The first kappa shape index (κ1) is 21.5. The summed E-state index contributed by atoms with van der Waals surface area (Å²) in [5, 5.41) is 11.6. The van der Waals surface area contributed by atoms with Gasteiger partial charge in [-0.05, 0) is 59.6 Å². The minimum absolute atomic E-state index is 0.604. The highest BCUT2D eigenvalue weighted by Crippen LogP contribution is 2.38. The summed E-state index contributed by atoms with van der Waals surface area (Å²) < 4.78 is 16.6. The van der Waals surface area contributed by atoms with Crippen LogP contribution in [0.15, 0.2) is 60.0 Å². The van der Waals surface area contributed by atoms with E-state index in [0.717, 1.165) is 33.6 Å². The van der Waals surface area contributed by atoms with Crippen molar-refractivity contribution in [2.75, 3.05) is 24.7 Å². The van der Waals surface area contributed by atoms with Gasteiger partial charge < -0.3 is 9.47 Å². The predicted octanol–water partition coefficient (Wildman–Crippen LogP) is 5.97. The summed E-state index contributed by atoms with van der Waals surface area (Å²) in [6, 6.07) is 17.6. The van der Waals surface area contributed by atoms with Gasteiger partial charge in [0, 0.05) is 10.8 Å². The Morgan fingerprint density at radius 3 is 2.39 bits per heavy atom. The third-order valence-electron chi connectivity index (χ3n) is 4.60. The molecule has 0 aliphatic heterocycles. The highest BCUT2D eigenvalue weighted by molar-refractivity contribution is 8.00. The van der Waals surface area contributed by atoms with Crippen LogP contribution in [0.5, 0.6) is 11.5 Å². The summed E-state index contributed by atoms with van der Waals surface area (Å²) in [5.74, 6) is 3.52. The number of hydrogen-bond donors (Lipinski definition) is 1. The van der Waals surface area contributed by atoms with Crippen molar-refractivity contribution in [2.45, 2.75) is 6.42 Å². The lowest BCUT2D eigenvalue weighted by atomic mass is 10.2. The number of thiophene rings is 1. The Morgan fingerprint density at radius 1 is 1.00 bits per heavy atom. The van der Waals surface area contributed by atoms with Crippen LogP contribution in [0.25, 0.3) is 16.4 Å². The molecule has 0 fully saturated rings. The van der Waals surface area contributed by atoms with Crippen molar-refractivity contribution in [3.05, 3.63) is 70.6 Å². The van der Waals surface area contributed by atoms with Gasteiger partial charge in [0.15, 0.2) is 5.82 Å². The molecule has 4 aromatic rings. The van der Waals surface area contributed by atoms with Crippen molar-refractivity contribution in [3.8, 4) is 27.9 Å². The van der Waals surface area contributed by atoms with Gasteiger partial charge in [0.1, 0.15) is 17.2 Å². The second-order valence-electron chi connectivity index (χ2n) is 6.50. The lowest BCUT2D eigenvalue weighted by Gasteiger charge is -2.17. The van der Waals surface area contributed by atoms with E-state index in [9.17, 15) is 0 Å². The molecule has 0 bridgehead atoms. The maximum atomic E-state index is 5.97. The van der Waals surface area contributed by atoms with Crippen LogP contribution in [0.1, 0.15) is 5.56 Å². The zero-order valence-corrected chi connectivity index (χ0v) is 19.4. The number of para-hydroxylation sites is 1. The van der Waals surface area contributed by atoms with Crippen LogP contribution >= 0.6 is 34.9 Å². The molecule has 4 rings (SSSR count). The Bertz CT molecular complexity index is 1110. The molecule has 1 N–H and O–H groups in total. The number of aromatic nitrogens is 3. The monoisotopic (exact) mass is 472 g/mol. The van der Waals surface area contributed by atoms with Gasteiger partial charge in [-0.1, -0.05) is 35.9 Å². The molecule has 0 spiro atoms. The van der Waals surface area contributed by atoms with Crippen molar-refractivity contribution in [2.24, 2.45) is 0 Å². The first-order valence-corrected chi connectivity index (χ1v) is 11.8. The van der Waals surface area contributed by atoms with E-state index in [4.69, 9.17) is 21.1 Å². The van der Waals surface area contributed by atoms with Crippen LogP contribution < -0.4 is 14.2 Å². The van der Waals surface area contributed by atoms with Crippen LogP contribution in [-0.2, 0) is 6.42 Å². The molecule has 0 radical (unpaired) electrons. The number of aryl methyl sites for hydroxylation is 1. The Balaban J connectivity index is 1.63. The van der Waals surface area contributed by atoms with Crippen molar-refractivity contribution >= 4 is 40.8 Å². The second kappa shape index (κ2) is 10.1. The highest BCUT2D eigenvalue weighted by Gasteiger charge is 2.22. The van der Waals surface area contributed by atoms with Gasteiger partial charge in [-0.2, -0.15) is 0 Å². The predicted molar refractivity (Wildman–Crippen MR) is 129 cm³/mol. The van der Waals surface area contributed by atoms with Gasteiger partial charge in [0.05, 0.1) is 19.1 Å². The molecule has 9 heteroatoms. The Hall–Kier alpha value is -2.68. The highest BCUT2D eigenvalue weighted by atomic mass is 35.5. The molecule has 0 amide bonds. The number of nitrogens with zero attached hydrogens (tertiary/aromatic N) is 3. The maximum absolute atomic E-state index is 5.97. The number of hydrogen-bond acceptors (Lipinski definition) is 7. The van der Waals surface area contributed by atoms with Crippen LogP contribution in [0.2, 0.25) is 5.02 Å². The molecule has 0 unspecified atom stereocenters. The van der Waals surface area contributed by atoms with Gasteiger partial charge in [0.2, 0.25) is 5.95 Å². The molecule has 0 aliphatic rings. The number of benzene rings is 2. The SMILES string of the molecule is COc1cccc(OC)c1-n1c(NSCCc2ccc(Cl)cc2)nnc1-c1cccs1. The summed E-state index contributed by atoms with van der Waals surface area (Å²) in [5.41, 5.74) is 1.98. The second-order valence-corrected chi connectivity index (χ2v) is 8.78. The van der Waals surface area contributed by atoms with Crippen molar-refractivity contribution < 1.29 is 9.47 Å². The zero-order chi connectivity index (χ0) is 21.6. The third-order valence-corrected chi connectivity index (χ3v) is 6.45. The lowest BCUT2D eigenvalue weighted by Crippen LogP contribution is -2.06. The summed E-state index contributed by atoms with van der Waals surface area (Å²) in [7, 11) is 3.28. The molecule has 31 heavy (non-hydrogen) atoms. The normalized spacial score (nSPS) is 10.8. The van der Waals surface area contributed by atoms with Gasteiger partial charge in [-0.25, -0.2) is 0 Å². The van der Waals surface area contributed by atoms with Crippen LogP contribution in [0.4, 0.5) is 5.95 Å². The molecule has 2 heterocycles. The Kier molecular flexibility index (Phi) is 7.01. The minimum atomic E-state index is 0.604. The molecule has 0 saturated carbocycles. The minimum Gasteiger partial charge on any atom is -0.494 e. The lowest BCUT2D eigenvalue weighted by molar-refractivity contribution is 0.391. The number of anilines is 1. The van der Waals surface area contributed by atoms with E-state index in [1.54, 1.807) is 37.5 Å². The van der Waals surface area contributed by atoms with Crippen LogP contribution in [-0.4, -0.2) is 34.7 Å². The molecule has 0 saturated heterocycles. The van der Waals surface area contributed by atoms with E-state index in [2.05, 4.69) is 14.9 Å². The summed E-state index contributed by atoms with van der Waals surface area (Å²) >= 11 is 9.14. The van der Waals surface area contributed by atoms with E-state index in [0.29, 0.717) is 17.4 Å². The molecule has 0 aliphatic carbocycles. The molecule has 2 aromatic heterocycles. The van der Waals surface area contributed by atoms with Crippen molar-refractivity contribution in [1.82, 2.24) is 14.8 Å². The molecule has 6 nitrogen and oxygen atoms in total. The molecule has 160 valence electrons. The van der Waals surface area contributed by atoms with Crippen molar-refractivity contribution in [1.29, 1.82) is 0 Å². The fourth-order valence-corrected chi connectivity index (χ4v) is 4.64. The van der Waals surface area contributed by atoms with E-state index in [1.165, 1.54) is 5.56 Å². The summed E-state index contributed by atoms with van der Waals surface area (Å²) in [6.45, 7) is 0. The fourth-order valence-electron chi connectivity index (χ4n) is 3.12. The van der Waals surface area contributed by atoms with Crippen LogP contribution in [0.3, 0.4) is 0 Å². The zero-order valence-electron chi connectivity index (χ0n) is 17.0. The Labute approximate surface area is 194 Å². The fraction of sp³-hybridized carbons (Fsp3) is 0.182. The van der Waals surface area contributed by atoms with Gasteiger partial charge in [0.25, 0.3) is 0 Å². The average Bonchev–Trinajstić information content (AvgIpc) is 3.47. The number of rotatable bonds is 9. The first-order valence-electron chi connectivity index (χ1n) is 9.54. The molecule has 2 aromatic carbocycles. The van der Waals surface area contributed by atoms with Crippen molar-refractivity contribution in [3.63, 3.8) is 0 Å². The summed E-state index contributed by atoms with van der Waals surface area (Å²) in [4.78, 5) is 1.000. The smallest absolute Gasteiger partial charge is 0.239 e. The molecular weight excluding hydrogens is 452 g/mol. The standard InChI is InChI=1S/C22H21ClN4O2S2/c1-28-17-5-3-6-18(29-2)20(17)27-21(19-7-4-13-30-19)24-25-22(27)26-31-14-12-15-8-10-16(23)11-9-15/h3-11,13H,12,14H2,1-2H3,(H,25,26).